The molecule has 4 rings (SSSR count). The molecular formula is C21H19FN4O2. The molecule has 0 bridgehead atoms. The van der Waals surface area contributed by atoms with Gasteiger partial charge in [0.25, 0.3) is 5.56 Å². The van der Waals surface area contributed by atoms with E-state index in [2.05, 4.69) is 15.3 Å². The van der Waals surface area contributed by atoms with E-state index in [1.165, 1.54) is 23.0 Å². The average molecular weight is 378 g/mol. The van der Waals surface area contributed by atoms with Gasteiger partial charge in [0, 0.05) is 23.9 Å². The predicted octanol–water partition coefficient (Wildman–Crippen LogP) is 3.28. The maximum atomic E-state index is 13.5. The minimum Gasteiger partial charge on any atom is -0.350 e. The molecule has 0 saturated carbocycles. The van der Waals surface area contributed by atoms with Gasteiger partial charge in [0.1, 0.15) is 16.9 Å². The zero-order valence-corrected chi connectivity index (χ0v) is 15.3. The molecule has 2 aromatic carbocycles. The molecule has 0 aliphatic heterocycles. The second-order valence-corrected chi connectivity index (χ2v) is 6.73. The smallest absolute Gasteiger partial charge is 0.277 e. The maximum Gasteiger partial charge on any atom is 0.277 e. The number of hydrogen-bond donors (Lipinski definition) is 2. The van der Waals surface area contributed by atoms with E-state index in [1.54, 1.807) is 6.07 Å². The Morgan fingerprint density at radius 1 is 1.25 bits per heavy atom. The number of aromatic nitrogens is 3. The molecule has 2 heterocycles. The van der Waals surface area contributed by atoms with Crippen LogP contribution in [-0.2, 0) is 11.3 Å². The molecule has 2 N–H and O–H groups in total. The summed E-state index contributed by atoms with van der Waals surface area (Å²) in [6.45, 7) is 2.12. The third-order valence-electron chi connectivity index (χ3n) is 4.79. The number of hydrogen-bond acceptors (Lipinski definition) is 3. The number of fused-ring (bicyclic) bond motifs is 3. The summed E-state index contributed by atoms with van der Waals surface area (Å²) in [5, 5.41) is 3.49. The Balaban J connectivity index is 1.50. The van der Waals surface area contributed by atoms with Crippen molar-refractivity contribution in [2.75, 3.05) is 0 Å². The lowest BCUT2D eigenvalue weighted by molar-refractivity contribution is -0.121. The Bertz CT molecular complexity index is 1210. The number of carbonyl (C=O) groups is 1. The van der Waals surface area contributed by atoms with Gasteiger partial charge in [-0.1, -0.05) is 30.3 Å². The highest BCUT2D eigenvalue weighted by atomic mass is 19.1. The van der Waals surface area contributed by atoms with Crippen molar-refractivity contribution in [3.63, 3.8) is 0 Å². The fourth-order valence-corrected chi connectivity index (χ4v) is 3.28. The van der Waals surface area contributed by atoms with Crippen LogP contribution in [0.25, 0.3) is 21.9 Å². The molecule has 2 aromatic heterocycles. The van der Waals surface area contributed by atoms with E-state index in [9.17, 15) is 14.0 Å². The molecule has 7 heteroatoms. The topological polar surface area (TPSA) is 79.8 Å². The molecule has 0 aliphatic carbocycles. The number of nitrogens with zero attached hydrogens (tertiary/aromatic N) is 2. The Morgan fingerprint density at radius 3 is 2.82 bits per heavy atom. The summed E-state index contributed by atoms with van der Waals surface area (Å²) in [6.07, 6.45) is 1.55. The van der Waals surface area contributed by atoms with Gasteiger partial charge in [0.2, 0.25) is 5.91 Å². The molecule has 28 heavy (non-hydrogen) atoms. The Kier molecular flexibility index (Phi) is 4.65. The molecule has 4 aromatic rings. The summed E-state index contributed by atoms with van der Waals surface area (Å²) in [4.78, 5) is 32.2. The highest BCUT2D eigenvalue weighted by molar-refractivity contribution is 6.04. The van der Waals surface area contributed by atoms with Crippen molar-refractivity contribution in [3.05, 3.63) is 76.6 Å². The average Bonchev–Trinajstić information content (AvgIpc) is 3.07. The molecule has 0 aliphatic rings. The first-order valence-corrected chi connectivity index (χ1v) is 9.03. The van der Waals surface area contributed by atoms with Crippen molar-refractivity contribution >= 4 is 27.8 Å². The first kappa shape index (κ1) is 17.9. The van der Waals surface area contributed by atoms with Gasteiger partial charge >= 0.3 is 0 Å². The lowest BCUT2D eigenvalue weighted by Gasteiger charge is -2.14. The number of amides is 1. The largest absolute Gasteiger partial charge is 0.350 e. The number of rotatable bonds is 5. The van der Waals surface area contributed by atoms with Crippen LogP contribution in [0.15, 0.2) is 59.7 Å². The van der Waals surface area contributed by atoms with Gasteiger partial charge in [0.15, 0.2) is 0 Å². The van der Waals surface area contributed by atoms with Gasteiger partial charge in [-0.15, -0.1) is 0 Å². The second kappa shape index (κ2) is 7.26. The lowest BCUT2D eigenvalue weighted by atomic mass is 10.1. The van der Waals surface area contributed by atoms with E-state index in [1.807, 2.05) is 37.3 Å². The van der Waals surface area contributed by atoms with E-state index in [0.29, 0.717) is 21.9 Å². The number of nitrogens with one attached hydrogen (secondary N) is 2. The van der Waals surface area contributed by atoms with Crippen LogP contribution in [0.3, 0.4) is 0 Å². The number of benzene rings is 2. The van der Waals surface area contributed by atoms with E-state index >= 15 is 0 Å². The van der Waals surface area contributed by atoms with Crippen molar-refractivity contribution in [2.45, 2.75) is 25.9 Å². The Morgan fingerprint density at radius 2 is 2.04 bits per heavy atom. The van der Waals surface area contributed by atoms with Crippen LogP contribution in [0.5, 0.6) is 0 Å². The zero-order chi connectivity index (χ0) is 19.7. The van der Waals surface area contributed by atoms with Crippen LogP contribution in [0.1, 0.15) is 24.9 Å². The molecule has 6 nitrogen and oxygen atoms in total. The molecule has 0 fully saturated rings. The number of aromatic amines is 1. The number of halogens is 1. The number of H-pyrrole nitrogens is 1. The SMILES string of the molecule is C[C@@H](NC(=O)CCn1cnc2c([nH]c3ccc(F)cc32)c1=O)c1ccccc1. The molecular weight excluding hydrogens is 359 g/mol. The van der Waals surface area contributed by atoms with Crippen molar-refractivity contribution in [3.8, 4) is 0 Å². The van der Waals surface area contributed by atoms with Crippen LogP contribution in [-0.4, -0.2) is 20.4 Å². The first-order valence-electron chi connectivity index (χ1n) is 9.03. The van der Waals surface area contributed by atoms with Gasteiger partial charge in [-0.05, 0) is 30.7 Å². The van der Waals surface area contributed by atoms with Gasteiger partial charge in [-0.25, -0.2) is 9.37 Å². The summed E-state index contributed by atoms with van der Waals surface area (Å²) in [5.41, 5.74) is 2.11. The van der Waals surface area contributed by atoms with Crippen molar-refractivity contribution in [2.24, 2.45) is 0 Å². The summed E-state index contributed by atoms with van der Waals surface area (Å²) >= 11 is 0. The first-order chi connectivity index (χ1) is 13.5. The monoisotopic (exact) mass is 378 g/mol. The van der Waals surface area contributed by atoms with Crippen molar-refractivity contribution in [1.82, 2.24) is 19.9 Å². The summed E-state index contributed by atoms with van der Waals surface area (Å²) in [5.74, 6) is -0.536. The third-order valence-corrected chi connectivity index (χ3v) is 4.79. The van der Waals surface area contributed by atoms with Crippen LogP contribution in [0.4, 0.5) is 4.39 Å². The van der Waals surface area contributed by atoms with Crippen LogP contribution in [0, 0.1) is 5.82 Å². The molecule has 1 atom stereocenters. The quantitative estimate of drug-likeness (QED) is 0.559. The highest BCUT2D eigenvalue weighted by Crippen LogP contribution is 2.22. The van der Waals surface area contributed by atoms with E-state index in [-0.39, 0.29) is 36.3 Å². The van der Waals surface area contributed by atoms with E-state index < -0.39 is 0 Å². The van der Waals surface area contributed by atoms with Gasteiger partial charge in [-0.3, -0.25) is 14.2 Å². The number of aryl methyl sites for hydroxylation is 1. The minimum atomic E-state index is -0.386. The summed E-state index contributed by atoms with van der Waals surface area (Å²) in [6, 6.07) is 13.8. The van der Waals surface area contributed by atoms with Crippen molar-refractivity contribution < 1.29 is 9.18 Å². The Hall–Kier alpha value is -3.48. The lowest BCUT2D eigenvalue weighted by Crippen LogP contribution is -2.29. The Labute approximate surface area is 160 Å². The normalized spacial score (nSPS) is 12.4. The van der Waals surface area contributed by atoms with Gasteiger partial charge in [-0.2, -0.15) is 0 Å². The van der Waals surface area contributed by atoms with Crippen LogP contribution >= 0.6 is 0 Å². The molecule has 1 amide bonds. The number of carbonyl (C=O) groups excluding carboxylic acids is 1. The minimum absolute atomic E-state index is 0.116. The predicted molar refractivity (Wildman–Crippen MR) is 105 cm³/mol. The standard InChI is InChI=1S/C21H19FN4O2/c1-13(14-5-3-2-4-6-14)24-18(27)9-10-26-12-23-19-16-11-15(22)7-8-17(16)25-20(19)21(26)28/h2-8,11-13,25H,9-10H2,1H3,(H,24,27)/t13-/m1/s1. The fourth-order valence-electron chi connectivity index (χ4n) is 3.28. The van der Waals surface area contributed by atoms with E-state index in [4.69, 9.17) is 0 Å². The summed E-state index contributed by atoms with van der Waals surface area (Å²) < 4.78 is 14.9. The highest BCUT2D eigenvalue weighted by Gasteiger charge is 2.13. The van der Waals surface area contributed by atoms with E-state index in [0.717, 1.165) is 5.56 Å². The third kappa shape index (κ3) is 3.38. The maximum absolute atomic E-state index is 13.5. The molecule has 0 radical (unpaired) electrons. The molecule has 0 saturated heterocycles. The zero-order valence-electron chi connectivity index (χ0n) is 15.3. The van der Waals surface area contributed by atoms with Crippen LogP contribution < -0.4 is 10.9 Å². The second-order valence-electron chi connectivity index (χ2n) is 6.73. The van der Waals surface area contributed by atoms with Gasteiger partial charge in [0.05, 0.1) is 12.4 Å². The molecule has 0 spiro atoms. The van der Waals surface area contributed by atoms with Crippen molar-refractivity contribution in [1.29, 1.82) is 0 Å². The summed E-state index contributed by atoms with van der Waals surface area (Å²) in [7, 11) is 0. The fraction of sp³-hybridized carbons (Fsp3) is 0.190. The molecule has 142 valence electrons. The van der Waals surface area contributed by atoms with Gasteiger partial charge < -0.3 is 10.3 Å². The van der Waals surface area contributed by atoms with Crippen LogP contribution in [0.2, 0.25) is 0 Å². The molecule has 0 unspecified atom stereocenters.